The number of methoxy groups -OCH3 is 2. The number of carbonyl (C=O) groups excluding carboxylic acids is 1. The average Bonchev–Trinajstić information content (AvgIpc) is 3.03. The first-order chi connectivity index (χ1) is 12.5. The van der Waals surface area contributed by atoms with Gasteiger partial charge >= 0.3 is 0 Å². The maximum Gasteiger partial charge on any atom is 0.282 e. The third kappa shape index (κ3) is 4.74. The fourth-order valence-corrected chi connectivity index (χ4v) is 2.50. The van der Waals surface area contributed by atoms with Gasteiger partial charge in [0.25, 0.3) is 5.91 Å². The van der Waals surface area contributed by atoms with Crippen LogP contribution >= 0.6 is 0 Å². The summed E-state index contributed by atoms with van der Waals surface area (Å²) in [4.78, 5) is 17.6. The van der Waals surface area contributed by atoms with Crippen molar-refractivity contribution in [1.29, 1.82) is 0 Å². The van der Waals surface area contributed by atoms with Gasteiger partial charge in [-0.1, -0.05) is 12.1 Å². The summed E-state index contributed by atoms with van der Waals surface area (Å²) in [5.74, 6) is 1.14. The number of aromatic nitrogens is 2. The first-order valence-corrected chi connectivity index (χ1v) is 8.26. The normalized spacial score (nSPS) is 11.9. The number of rotatable bonds is 9. The number of amides is 1. The van der Waals surface area contributed by atoms with Gasteiger partial charge in [0.05, 0.1) is 33.6 Å². The molecule has 0 saturated carbocycles. The van der Waals surface area contributed by atoms with Crippen molar-refractivity contribution in [2.24, 2.45) is 0 Å². The largest absolute Gasteiger partial charge is 0.497 e. The van der Waals surface area contributed by atoms with Crippen molar-refractivity contribution >= 4 is 11.7 Å². The Morgan fingerprint density at radius 3 is 2.54 bits per heavy atom. The molecule has 1 aromatic heterocycles. The van der Waals surface area contributed by atoms with Crippen LogP contribution in [0.3, 0.4) is 0 Å². The molecular weight excluding hydrogens is 336 g/mol. The van der Waals surface area contributed by atoms with Crippen LogP contribution in [0.15, 0.2) is 30.5 Å². The summed E-state index contributed by atoms with van der Waals surface area (Å²) in [6.07, 6.45) is 1.54. The van der Waals surface area contributed by atoms with Crippen LogP contribution in [-0.4, -0.2) is 61.8 Å². The molecule has 1 heterocycles. The molecule has 2 rings (SSSR count). The van der Waals surface area contributed by atoms with E-state index in [1.807, 2.05) is 31.2 Å². The van der Waals surface area contributed by atoms with Gasteiger partial charge in [-0.25, -0.2) is 9.75 Å². The Bertz CT molecular complexity index is 714. The van der Waals surface area contributed by atoms with Crippen molar-refractivity contribution in [3.63, 3.8) is 0 Å². The molecule has 1 N–H and O–H groups in total. The van der Waals surface area contributed by atoms with Crippen molar-refractivity contribution in [1.82, 2.24) is 14.8 Å². The summed E-state index contributed by atoms with van der Waals surface area (Å²) >= 11 is 0. The van der Waals surface area contributed by atoms with Crippen molar-refractivity contribution in [2.45, 2.75) is 19.5 Å². The molecule has 1 aromatic carbocycles. The molecule has 8 heteroatoms. The van der Waals surface area contributed by atoms with Gasteiger partial charge in [-0.2, -0.15) is 5.10 Å². The topological polar surface area (TPSA) is 77.9 Å². The second-order valence-corrected chi connectivity index (χ2v) is 5.90. The van der Waals surface area contributed by atoms with E-state index in [1.165, 1.54) is 12.2 Å². The maximum absolute atomic E-state index is 12.5. The highest BCUT2D eigenvalue weighted by atomic mass is 16.7. The van der Waals surface area contributed by atoms with Crippen molar-refractivity contribution in [2.75, 3.05) is 40.3 Å². The molecule has 0 radical (unpaired) electrons. The van der Waals surface area contributed by atoms with Gasteiger partial charge in [0.2, 0.25) is 0 Å². The van der Waals surface area contributed by atoms with E-state index in [2.05, 4.69) is 10.4 Å². The molecule has 2 aromatic rings. The molecule has 0 aliphatic rings. The number of hydrogen-bond donors (Lipinski definition) is 1. The smallest absolute Gasteiger partial charge is 0.282 e. The SMILES string of the molecule is COC[C@H](C)Nc1c(C(=O)N(C)OC)cnn1Cc1ccc(OC)cc1. The summed E-state index contributed by atoms with van der Waals surface area (Å²) in [7, 11) is 6.27. The molecule has 0 fully saturated rings. The molecule has 0 unspecified atom stereocenters. The van der Waals surface area contributed by atoms with E-state index in [9.17, 15) is 4.79 Å². The second-order valence-electron chi connectivity index (χ2n) is 5.90. The van der Waals surface area contributed by atoms with E-state index >= 15 is 0 Å². The Labute approximate surface area is 153 Å². The first-order valence-electron chi connectivity index (χ1n) is 8.26. The summed E-state index contributed by atoms with van der Waals surface area (Å²) in [5.41, 5.74) is 1.47. The van der Waals surface area contributed by atoms with Crippen LogP contribution in [0, 0.1) is 0 Å². The molecule has 0 aliphatic carbocycles. The number of benzene rings is 1. The standard InChI is InChI=1S/C18H26N4O4/c1-13(12-24-3)20-17-16(18(23)21(2)26-5)10-19-22(17)11-14-6-8-15(25-4)9-7-14/h6-10,13,20H,11-12H2,1-5H3/t13-/m0/s1. The highest BCUT2D eigenvalue weighted by molar-refractivity contribution is 5.98. The fourth-order valence-electron chi connectivity index (χ4n) is 2.50. The van der Waals surface area contributed by atoms with Crippen LogP contribution < -0.4 is 10.1 Å². The van der Waals surface area contributed by atoms with E-state index in [0.717, 1.165) is 11.3 Å². The van der Waals surface area contributed by atoms with Gasteiger partial charge < -0.3 is 14.8 Å². The van der Waals surface area contributed by atoms with Crippen LogP contribution in [0.4, 0.5) is 5.82 Å². The molecule has 0 saturated heterocycles. The monoisotopic (exact) mass is 362 g/mol. The summed E-state index contributed by atoms with van der Waals surface area (Å²) in [5, 5.41) is 8.86. The van der Waals surface area contributed by atoms with Crippen molar-refractivity contribution in [3.05, 3.63) is 41.6 Å². The van der Waals surface area contributed by atoms with Crippen LogP contribution in [0.5, 0.6) is 5.75 Å². The molecule has 1 amide bonds. The van der Waals surface area contributed by atoms with E-state index in [4.69, 9.17) is 14.3 Å². The maximum atomic E-state index is 12.5. The van der Waals surface area contributed by atoms with Crippen LogP contribution in [0.1, 0.15) is 22.8 Å². The van der Waals surface area contributed by atoms with E-state index < -0.39 is 0 Å². The van der Waals surface area contributed by atoms with Gasteiger partial charge in [-0.3, -0.25) is 9.63 Å². The van der Waals surface area contributed by atoms with E-state index in [1.54, 1.807) is 32.1 Å². The van der Waals surface area contributed by atoms with Gasteiger partial charge in [0, 0.05) is 20.2 Å². The van der Waals surface area contributed by atoms with Gasteiger partial charge in [-0.05, 0) is 24.6 Å². The molecule has 26 heavy (non-hydrogen) atoms. The molecule has 0 aliphatic heterocycles. The fraction of sp³-hybridized carbons (Fsp3) is 0.444. The van der Waals surface area contributed by atoms with Crippen molar-refractivity contribution in [3.8, 4) is 5.75 Å². The summed E-state index contributed by atoms with van der Waals surface area (Å²) in [6.45, 7) is 2.99. The number of hydrogen-bond acceptors (Lipinski definition) is 6. The Balaban J connectivity index is 2.31. The van der Waals surface area contributed by atoms with Crippen LogP contribution in [0.25, 0.3) is 0 Å². The van der Waals surface area contributed by atoms with Crippen LogP contribution in [-0.2, 0) is 16.1 Å². The first kappa shape index (κ1) is 19.7. The van der Waals surface area contributed by atoms with Gasteiger partial charge in [0.15, 0.2) is 0 Å². The lowest BCUT2D eigenvalue weighted by atomic mass is 10.2. The molecule has 8 nitrogen and oxygen atoms in total. The number of nitrogens with zero attached hydrogens (tertiary/aromatic N) is 3. The van der Waals surface area contributed by atoms with Gasteiger partial charge in [-0.15, -0.1) is 0 Å². The lowest BCUT2D eigenvalue weighted by Gasteiger charge is -2.19. The average molecular weight is 362 g/mol. The minimum atomic E-state index is -0.277. The summed E-state index contributed by atoms with van der Waals surface area (Å²) in [6, 6.07) is 7.72. The second kappa shape index (κ2) is 9.21. The quantitative estimate of drug-likeness (QED) is 0.688. The third-order valence-electron chi connectivity index (χ3n) is 3.92. The molecular formula is C18H26N4O4. The van der Waals surface area contributed by atoms with E-state index in [-0.39, 0.29) is 11.9 Å². The predicted molar refractivity (Wildman–Crippen MR) is 98.4 cm³/mol. The third-order valence-corrected chi connectivity index (χ3v) is 3.92. The Hall–Kier alpha value is -2.58. The Morgan fingerprint density at radius 1 is 1.27 bits per heavy atom. The molecule has 1 atom stereocenters. The summed E-state index contributed by atoms with van der Waals surface area (Å²) < 4.78 is 12.1. The zero-order chi connectivity index (χ0) is 19.1. The van der Waals surface area contributed by atoms with Crippen LogP contribution in [0.2, 0.25) is 0 Å². The zero-order valence-electron chi connectivity index (χ0n) is 15.9. The number of anilines is 1. The van der Waals surface area contributed by atoms with Gasteiger partial charge in [0.1, 0.15) is 17.1 Å². The lowest BCUT2D eigenvalue weighted by Crippen LogP contribution is -2.28. The van der Waals surface area contributed by atoms with Crippen molar-refractivity contribution < 1.29 is 19.1 Å². The molecule has 0 spiro atoms. The number of carbonyl (C=O) groups is 1. The molecule has 142 valence electrons. The van der Waals surface area contributed by atoms with E-state index in [0.29, 0.717) is 24.5 Å². The lowest BCUT2D eigenvalue weighted by molar-refractivity contribution is -0.0756. The zero-order valence-corrected chi connectivity index (χ0v) is 15.9. The minimum absolute atomic E-state index is 0.00529. The number of hydroxylamine groups is 2. The minimum Gasteiger partial charge on any atom is -0.497 e. The number of ether oxygens (including phenoxy) is 2. The number of nitrogens with one attached hydrogen (secondary N) is 1. The Morgan fingerprint density at radius 2 is 1.96 bits per heavy atom. The Kier molecular flexibility index (Phi) is 6.99. The highest BCUT2D eigenvalue weighted by Crippen LogP contribution is 2.21. The highest BCUT2D eigenvalue weighted by Gasteiger charge is 2.22. The molecule has 0 bridgehead atoms. The predicted octanol–water partition coefficient (Wildman–Crippen LogP) is 2.02.